The number of aryl methyl sites for hydroxylation is 1. The van der Waals surface area contributed by atoms with Crippen molar-refractivity contribution < 1.29 is 4.74 Å². The van der Waals surface area contributed by atoms with Crippen LogP contribution in [-0.2, 0) is 7.05 Å². The van der Waals surface area contributed by atoms with Gasteiger partial charge in [0.25, 0.3) is 0 Å². The quantitative estimate of drug-likeness (QED) is 0.517. The van der Waals surface area contributed by atoms with Gasteiger partial charge in [0.1, 0.15) is 29.8 Å². The van der Waals surface area contributed by atoms with Gasteiger partial charge in [-0.15, -0.1) is 0 Å². The number of anilines is 1. The molecular formula is C20H18BrN5O. The molecule has 1 atom stereocenters. The molecule has 7 heteroatoms. The lowest BCUT2D eigenvalue weighted by Gasteiger charge is -2.21. The maximum absolute atomic E-state index is 5.29. The van der Waals surface area contributed by atoms with Crippen LogP contribution in [-0.4, -0.2) is 26.6 Å². The molecule has 4 aromatic rings. The number of rotatable bonds is 5. The van der Waals surface area contributed by atoms with E-state index in [4.69, 9.17) is 4.74 Å². The summed E-state index contributed by atoms with van der Waals surface area (Å²) in [6.45, 7) is 0. The summed E-state index contributed by atoms with van der Waals surface area (Å²) in [4.78, 5) is 13.4. The van der Waals surface area contributed by atoms with Crippen molar-refractivity contribution in [2.45, 2.75) is 6.04 Å². The van der Waals surface area contributed by atoms with Gasteiger partial charge in [-0.3, -0.25) is 0 Å². The zero-order chi connectivity index (χ0) is 18.8. The van der Waals surface area contributed by atoms with E-state index < -0.39 is 0 Å². The summed E-state index contributed by atoms with van der Waals surface area (Å²) in [5.74, 6) is 2.46. The normalized spacial score (nSPS) is 12.1. The summed E-state index contributed by atoms with van der Waals surface area (Å²) < 4.78 is 8.26. The summed E-state index contributed by atoms with van der Waals surface area (Å²) in [7, 11) is 3.64. The lowest BCUT2D eigenvalue weighted by molar-refractivity contribution is 0.414. The molecule has 0 amide bonds. The highest BCUT2D eigenvalue weighted by Gasteiger charge is 2.20. The van der Waals surface area contributed by atoms with Crippen molar-refractivity contribution >= 4 is 32.7 Å². The van der Waals surface area contributed by atoms with Gasteiger partial charge >= 0.3 is 0 Å². The Hall–Kier alpha value is -2.93. The van der Waals surface area contributed by atoms with Crippen LogP contribution in [0.5, 0.6) is 5.75 Å². The van der Waals surface area contributed by atoms with Gasteiger partial charge in [0, 0.05) is 29.3 Å². The molecule has 2 aromatic carbocycles. The lowest BCUT2D eigenvalue weighted by atomic mass is 10.1. The monoisotopic (exact) mass is 423 g/mol. The number of aromatic nitrogens is 4. The van der Waals surface area contributed by atoms with E-state index in [1.807, 2.05) is 60.3 Å². The first kappa shape index (κ1) is 17.5. The van der Waals surface area contributed by atoms with Gasteiger partial charge in [0.2, 0.25) is 0 Å². The van der Waals surface area contributed by atoms with Crippen molar-refractivity contribution in [1.82, 2.24) is 19.5 Å². The third-order valence-corrected chi connectivity index (χ3v) is 4.94. The zero-order valence-corrected chi connectivity index (χ0v) is 16.5. The topological polar surface area (TPSA) is 64.9 Å². The second kappa shape index (κ2) is 7.36. The summed E-state index contributed by atoms with van der Waals surface area (Å²) in [5, 5.41) is 4.49. The smallest absolute Gasteiger partial charge is 0.138 e. The largest absolute Gasteiger partial charge is 0.497 e. The van der Waals surface area contributed by atoms with Crippen LogP contribution < -0.4 is 10.1 Å². The van der Waals surface area contributed by atoms with Crippen LogP contribution in [0.25, 0.3) is 10.9 Å². The lowest BCUT2D eigenvalue weighted by Crippen LogP contribution is -2.17. The number of hydrogen-bond acceptors (Lipinski definition) is 5. The molecule has 6 nitrogen and oxygen atoms in total. The third kappa shape index (κ3) is 3.50. The van der Waals surface area contributed by atoms with Crippen molar-refractivity contribution in [3.05, 3.63) is 77.0 Å². The number of methoxy groups -OCH3 is 1. The molecular weight excluding hydrogens is 406 g/mol. The van der Waals surface area contributed by atoms with Gasteiger partial charge in [-0.2, -0.15) is 0 Å². The third-order valence-electron chi connectivity index (χ3n) is 4.44. The highest BCUT2D eigenvalue weighted by atomic mass is 79.9. The Kier molecular flexibility index (Phi) is 4.77. The second-order valence-corrected chi connectivity index (χ2v) is 7.05. The maximum Gasteiger partial charge on any atom is 0.138 e. The fourth-order valence-corrected chi connectivity index (χ4v) is 3.39. The van der Waals surface area contributed by atoms with Crippen LogP contribution in [0, 0.1) is 0 Å². The fourth-order valence-electron chi connectivity index (χ4n) is 3.03. The highest BCUT2D eigenvalue weighted by Crippen LogP contribution is 2.30. The molecule has 2 heterocycles. The van der Waals surface area contributed by atoms with Crippen molar-refractivity contribution in [1.29, 1.82) is 0 Å². The van der Waals surface area contributed by atoms with E-state index in [0.717, 1.165) is 38.3 Å². The molecule has 1 unspecified atom stereocenters. The molecule has 0 aliphatic heterocycles. The molecule has 0 aliphatic rings. The van der Waals surface area contributed by atoms with Gasteiger partial charge in [-0.25, -0.2) is 15.0 Å². The molecule has 27 heavy (non-hydrogen) atoms. The highest BCUT2D eigenvalue weighted by molar-refractivity contribution is 9.10. The van der Waals surface area contributed by atoms with E-state index in [1.54, 1.807) is 19.6 Å². The number of imidazole rings is 1. The molecule has 4 rings (SSSR count). The molecule has 0 bridgehead atoms. The van der Waals surface area contributed by atoms with E-state index in [1.165, 1.54) is 0 Å². The molecule has 0 aliphatic carbocycles. The van der Waals surface area contributed by atoms with Gasteiger partial charge in [0.15, 0.2) is 0 Å². The number of halogens is 1. The molecule has 0 spiro atoms. The standard InChI is InChI=1S/C20H18BrN5O/c1-26-10-9-22-20(26)18(13-3-6-15(27-2)7-4-13)25-19-16-11-14(21)5-8-17(16)23-12-24-19/h3-12,18H,1-2H3,(H,23,24,25). The van der Waals surface area contributed by atoms with E-state index in [9.17, 15) is 0 Å². The summed E-state index contributed by atoms with van der Waals surface area (Å²) in [5.41, 5.74) is 1.94. The van der Waals surface area contributed by atoms with Crippen LogP contribution >= 0.6 is 15.9 Å². The molecule has 1 N–H and O–H groups in total. The number of benzene rings is 2. The average molecular weight is 424 g/mol. The minimum absolute atomic E-state index is 0.173. The van der Waals surface area contributed by atoms with E-state index in [-0.39, 0.29) is 6.04 Å². The SMILES string of the molecule is COc1ccc(C(Nc2ncnc3ccc(Br)cc23)c2nccn2C)cc1. The van der Waals surface area contributed by atoms with Crippen LogP contribution in [0.15, 0.2) is 65.7 Å². The summed E-state index contributed by atoms with van der Waals surface area (Å²) >= 11 is 3.53. The van der Waals surface area contributed by atoms with Crippen LogP contribution in [0.3, 0.4) is 0 Å². The Balaban J connectivity index is 1.80. The summed E-state index contributed by atoms with van der Waals surface area (Å²) in [6, 6.07) is 13.7. The zero-order valence-electron chi connectivity index (χ0n) is 14.9. The first-order valence-electron chi connectivity index (χ1n) is 8.43. The predicted octanol–water partition coefficient (Wildman–Crippen LogP) is 4.34. The number of nitrogens with zero attached hydrogens (tertiary/aromatic N) is 4. The van der Waals surface area contributed by atoms with E-state index >= 15 is 0 Å². The Morgan fingerprint density at radius 2 is 1.89 bits per heavy atom. The van der Waals surface area contributed by atoms with Crippen LogP contribution in [0.2, 0.25) is 0 Å². The van der Waals surface area contributed by atoms with E-state index in [0.29, 0.717) is 0 Å². The fraction of sp³-hybridized carbons (Fsp3) is 0.150. The van der Waals surface area contributed by atoms with Crippen molar-refractivity contribution in [3.63, 3.8) is 0 Å². The van der Waals surface area contributed by atoms with Crippen molar-refractivity contribution in [2.24, 2.45) is 7.05 Å². The Morgan fingerprint density at radius 3 is 2.59 bits per heavy atom. The minimum atomic E-state index is -0.173. The molecule has 2 aromatic heterocycles. The van der Waals surface area contributed by atoms with Gasteiger partial charge in [-0.1, -0.05) is 28.1 Å². The first-order chi connectivity index (χ1) is 13.2. The average Bonchev–Trinajstić information content (AvgIpc) is 3.12. The Bertz CT molecular complexity index is 1080. The minimum Gasteiger partial charge on any atom is -0.497 e. The number of nitrogens with one attached hydrogen (secondary N) is 1. The number of ether oxygens (including phenoxy) is 1. The Morgan fingerprint density at radius 1 is 1.07 bits per heavy atom. The molecule has 136 valence electrons. The number of fused-ring (bicyclic) bond motifs is 1. The van der Waals surface area contributed by atoms with Crippen molar-refractivity contribution in [2.75, 3.05) is 12.4 Å². The maximum atomic E-state index is 5.29. The van der Waals surface area contributed by atoms with Crippen LogP contribution in [0.1, 0.15) is 17.4 Å². The van der Waals surface area contributed by atoms with Crippen LogP contribution in [0.4, 0.5) is 5.82 Å². The van der Waals surface area contributed by atoms with Gasteiger partial charge in [-0.05, 0) is 35.9 Å². The van der Waals surface area contributed by atoms with Crippen molar-refractivity contribution in [3.8, 4) is 5.75 Å². The summed E-state index contributed by atoms with van der Waals surface area (Å²) in [6.07, 6.45) is 5.30. The molecule has 0 saturated carbocycles. The molecule has 0 fully saturated rings. The van der Waals surface area contributed by atoms with Gasteiger partial charge < -0.3 is 14.6 Å². The second-order valence-electron chi connectivity index (χ2n) is 6.13. The Labute approximate surface area is 165 Å². The predicted molar refractivity (Wildman–Crippen MR) is 109 cm³/mol. The molecule has 0 radical (unpaired) electrons. The first-order valence-corrected chi connectivity index (χ1v) is 9.23. The van der Waals surface area contributed by atoms with Gasteiger partial charge in [0.05, 0.1) is 12.6 Å². The molecule has 0 saturated heterocycles. The number of hydrogen-bond donors (Lipinski definition) is 1. The van der Waals surface area contributed by atoms with E-state index in [2.05, 4.69) is 36.2 Å².